The molecule has 4 heteroatoms. The van der Waals surface area contributed by atoms with Gasteiger partial charge in [-0.15, -0.1) is 0 Å². The molecule has 2 rings (SSSR count). The normalized spacial score (nSPS) is 11.2. The van der Waals surface area contributed by atoms with E-state index in [2.05, 4.69) is 6.92 Å². The van der Waals surface area contributed by atoms with Gasteiger partial charge < -0.3 is 14.6 Å². The molecule has 2 aromatic carbocycles. The van der Waals surface area contributed by atoms with Gasteiger partial charge in [-0.1, -0.05) is 37.6 Å². The number of carboxylic acids is 1. The number of carbonyl (C=O) groups is 1. The van der Waals surface area contributed by atoms with Crippen LogP contribution in [0.2, 0.25) is 0 Å². The second-order valence-electron chi connectivity index (χ2n) is 6.18. The van der Waals surface area contributed by atoms with Crippen LogP contribution in [-0.4, -0.2) is 25.3 Å². The molecule has 0 bridgehead atoms. The van der Waals surface area contributed by atoms with Gasteiger partial charge in [0.05, 0.1) is 14.2 Å². The molecule has 0 radical (unpaired) electrons. The standard InChI is InChI=1S/C21H26O4/c1-4-14-21(15-13-20(22)23,16-5-9-18(24-2)10-6-16)17-7-11-19(25-3)12-8-17/h5-12H,4,13-15H2,1-3H3,(H,22,23). The van der Waals surface area contributed by atoms with Crippen molar-refractivity contribution in [1.82, 2.24) is 0 Å². The molecule has 0 saturated carbocycles. The van der Waals surface area contributed by atoms with Crippen LogP contribution in [0.15, 0.2) is 48.5 Å². The first kappa shape index (κ1) is 18.8. The average molecular weight is 342 g/mol. The summed E-state index contributed by atoms with van der Waals surface area (Å²) in [5.74, 6) is 0.812. The zero-order valence-corrected chi connectivity index (χ0v) is 15.1. The molecule has 0 unspecified atom stereocenters. The molecule has 0 atom stereocenters. The average Bonchev–Trinajstić information content (AvgIpc) is 2.65. The molecule has 1 N–H and O–H groups in total. The summed E-state index contributed by atoms with van der Waals surface area (Å²) in [6, 6.07) is 15.9. The van der Waals surface area contributed by atoms with E-state index in [-0.39, 0.29) is 11.8 Å². The molecule has 4 nitrogen and oxygen atoms in total. The third kappa shape index (κ3) is 4.32. The number of ether oxygens (including phenoxy) is 2. The molecule has 0 amide bonds. The minimum Gasteiger partial charge on any atom is -0.497 e. The molecular weight excluding hydrogens is 316 g/mol. The van der Waals surface area contributed by atoms with Crippen molar-refractivity contribution in [2.24, 2.45) is 0 Å². The fraction of sp³-hybridized carbons (Fsp3) is 0.381. The number of rotatable bonds is 9. The summed E-state index contributed by atoms with van der Waals surface area (Å²) in [4.78, 5) is 11.3. The van der Waals surface area contributed by atoms with Gasteiger partial charge in [0.15, 0.2) is 0 Å². The maximum Gasteiger partial charge on any atom is 0.303 e. The van der Waals surface area contributed by atoms with E-state index in [9.17, 15) is 9.90 Å². The summed E-state index contributed by atoms with van der Waals surface area (Å²) in [5, 5.41) is 9.26. The van der Waals surface area contributed by atoms with Crippen LogP contribution in [0.1, 0.15) is 43.7 Å². The lowest BCUT2D eigenvalue weighted by atomic mass is 9.68. The Morgan fingerprint density at radius 1 is 0.880 bits per heavy atom. The predicted molar refractivity (Wildman–Crippen MR) is 98.5 cm³/mol. The molecule has 0 aliphatic heterocycles. The van der Waals surface area contributed by atoms with E-state index in [0.29, 0.717) is 6.42 Å². The van der Waals surface area contributed by atoms with Gasteiger partial charge >= 0.3 is 5.97 Å². The fourth-order valence-corrected chi connectivity index (χ4v) is 3.44. The number of hydrogen-bond acceptors (Lipinski definition) is 3. The Labute approximate surface area is 149 Å². The summed E-state index contributed by atoms with van der Waals surface area (Å²) < 4.78 is 10.5. The zero-order valence-electron chi connectivity index (χ0n) is 15.1. The smallest absolute Gasteiger partial charge is 0.303 e. The molecule has 2 aromatic rings. The predicted octanol–water partition coefficient (Wildman–Crippen LogP) is 4.65. The van der Waals surface area contributed by atoms with E-state index in [0.717, 1.165) is 35.5 Å². The van der Waals surface area contributed by atoms with E-state index >= 15 is 0 Å². The Hall–Kier alpha value is -2.49. The Bertz CT molecular complexity index is 627. The molecule has 25 heavy (non-hydrogen) atoms. The monoisotopic (exact) mass is 342 g/mol. The quantitative estimate of drug-likeness (QED) is 0.720. The van der Waals surface area contributed by atoms with Crippen molar-refractivity contribution in [3.8, 4) is 11.5 Å². The molecule has 0 aromatic heterocycles. The zero-order chi connectivity index (χ0) is 18.3. The van der Waals surface area contributed by atoms with Crippen molar-refractivity contribution < 1.29 is 19.4 Å². The van der Waals surface area contributed by atoms with Crippen LogP contribution in [0, 0.1) is 0 Å². The number of benzene rings is 2. The lowest BCUT2D eigenvalue weighted by Gasteiger charge is -2.35. The van der Waals surface area contributed by atoms with Gasteiger partial charge in [0.2, 0.25) is 0 Å². The molecule has 134 valence electrons. The highest BCUT2D eigenvalue weighted by Gasteiger charge is 2.34. The second-order valence-corrected chi connectivity index (χ2v) is 6.18. The Morgan fingerprint density at radius 2 is 1.32 bits per heavy atom. The van der Waals surface area contributed by atoms with Crippen molar-refractivity contribution in [2.75, 3.05) is 14.2 Å². The van der Waals surface area contributed by atoms with Crippen molar-refractivity contribution in [3.63, 3.8) is 0 Å². The SMILES string of the molecule is CCCC(CCC(=O)O)(c1ccc(OC)cc1)c1ccc(OC)cc1. The van der Waals surface area contributed by atoms with Gasteiger partial charge in [0.1, 0.15) is 11.5 Å². The van der Waals surface area contributed by atoms with Crippen LogP contribution >= 0.6 is 0 Å². The van der Waals surface area contributed by atoms with Crippen molar-refractivity contribution in [1.29, 1.82) is 0 Å². The third-order valence-corrected chi connectivity index (χ3v) is 4.73. The Kier molecular flexibility index (Phi) is 6.45. The Balaban J connectivity index is 2.53. The molecule has 0 fully saturated rings. The summed E-state index contributed by atoms with van der Waals surface area (Å²) in [6.45, 7) is 2.13. The number of carboxylic acid groups (broad SMARTS) is 1. The molecule has 0 aliphatic rings. The van der Waals surface area contributed by atoms with Crippen molar-refractivity contribution in [2.45, 2.75) is 38.0 Å². The third-order valence-electron chi connectivity index (χ3n) is 4.73. The molecule has 0 aliphatic carbocycles. The Morgan fingerprint density at radius 3 is 1.64 bits per heavy atom. The number of hydrogen-bond donors (Lipinski definition) is 1. The maximum atomic E-state index is 11.3. The lowest BCUT2D eigenvalue weighted by Crippen LogP contribution is -2.28. The van der Waals surface area contributed by atoms with E-state index in [1.54, 1.807) is 14.2 Å². The van der Waals surface area contributed by atoms with Crippen molar-refractivity contribution >= 4 is 5.97 Å². The van der Waals surface area contributed by atoms with E-state index in [1.807, 2.05) is 48.5 Å². The second kappa shape index (κ2) is 8.56. The van der Waals surface area contributed by atoms with Crippen LogP contribution < -0.4 is 9.47 Å². The van der Waals surface area contributed by atoms with Crippen LogP contribution in [0.3, 0.4) is 0 Å². The summed E-state index contributed by atoms with van der Waals surface area (Å²) in [6.07, 6.45) is 2.50. The van der Waals surface area contributed by atoms with E-state index in [4.69, 9.17) is 9.47 Å². The summed E-state index contributed by atoms with van der Waals surface area (Å²) >= 11 is 0. The lowest BCUT2D eigenvalue weighted by molar-refractivity contribution is -0.137. The molecule has 0 saturated heterocycles. The number of methoxy groups -OCH3 is 2. The van der Waals surface area contributed by atoms with Gasteiger partial charge in [-0.25, -0.2) is 0 Å². The van der Waals surface area contributed by atoms with Crippen molar-refractivity contribution in [3.05, 3.63) is 59.7 Å². The van der Waals surface area contributed by atoms with Crippen LogP contribution in [0.25, 0.3) is 0 Å². The molecule has 0 spiro atoms. The first-order valence-corrected chi connectivity index (χ1v) is 8.56. The highest BCUT2D eigenvalue weighted by Crippen LogP contribution is 2.42. The highest BCUT2D eigenvalue weighted by molar-refractivity contribution is 5.67. The first-order valence-electron chi connectivity index (χ1n) is 8.56. The summed E-state index contributed by atoms with van der Waals surface area (Å²) in [5.41, 5.74) is 1.88. The molecular formula is C21H26O4. The van der Waals surface area contributed by atoms with E-state index < -0.39 is 5.97 Å². The van der Waals surface area contributed by atoms with Gasteiger partial charge in [-0.2, -0.15) is 0 Å². The van der Waals surface area contributed by atoms with Crippen LogP contribution in [0.4, 0.5) is 0 Å². The minimum atomic E-state index is -0.775. The minimum absolute atomic E-state index is 0.123. The largest absolute Gasteiger partial charge is 0.497 e. The van der Waals surface area contributed by atoms with Crippen LogP contribution in [0.5, 0.6) is 11.5 Å². The van der Waals surface area contributed by atoms with E-state index in [1.165, 1.54) is 0 Å². The molecule has 0 heterocycles. The topological polar surface area (TPSA) is 55.8 Å². The fourth-order valence-electron chi connectivity index (χ4n) is 3.44. The van der Waals surface area contributed by atoms with Gasteiger partial charge in [0.25, 0.3) is 0 Å². The number of aliphatic carboxylic acids is 1. The maximum absolute atomic E-state index is 11.3. The van der Waals surface area contributed by atoms with Crippen LogP contribution in [-0.2, 0) is 10.2 Å². The first-order chi connectivity index (χ1) is 12.1. The van der Waals surface area contributed by atoms with Gasteiger partial charge in [-0.3, -0.25) is 4.79 Å². The summed E-state index contributed by atoms with van der Waals surface area (Å²) in [7, 11) is 3.28. The van der Waals surface area contributed by atoms with Gasteiger partial charge in [0, 0.05) is 11.8 Å². The van der Waals surface area contributed by atoms with Gasteiger partial charge in [-0.05, 0) is 48.2 Å². The highest BCUT2D eigenvalue weighted by atomic mass is 16.5.